The van der Waals surface area contributed by atoms with E-state index in [4.69, 9.17) is 32.4 Å². The molecule has 0 fully saturated rings. The summed E-state index contributed by atoms with van der Waals surface area (Å²) in [5.41, 5.74) is 1.14. The predicted molar refractivity (Wildman–Crippen MR) is 81.6 cm³/mol. The summed E-state index contributed by atoms with van der Waals surface area (Å²) in [6.07, 6.45) is 0. The third-order valence-electron chi connectivity index (χ3n) is 2.90. The molecule has 1 aromatic carbocycles. The Hall–Kier alpha value is -1.16. The number of ether oxygens (including phenoxy) is 1. The molecule has 0 bridgehead atoms. The summed E-state index contributed by atoms with van der Waals surface area (Å²) in [6, 6.07) is 7.13. The highest BCUT2D eigenvalue weighted by Gasteiger charge is 2.09. The fourth-order valence-corrected chi connectivity index (χ4v) is 2.16. The van der Waals surface area contributed by atoms with E-state index in [0.29, 0.717) is 22.4 Å². The van der Waals surface area contributed by atoms with Gasteiger partial charge in [-0.05, 0) is 31.7 Å². The van der Waals surface area contributed by atoms with Crippen molar-refractivity contribution >= 4 is 23.2 Å². The van der Waals surface area contributed by atoms with Gasteiger partial charge < -0.3 is 14.5 Å². The van der Waals surface area contributed by atoms with Gasteiger partial charge in [-0.2, -0.15) is 0 Å². The van der Waals surface area contributed by atoms with Gasteiger partial charge in [0.1, 0.15) is 23.9 Å². The van der Waals surface area contributed by atoms with Crippen LogP contribution in [0.2, 0.25) is 10.0 Å². The number of hydrogen-bond acceptors (Lipinski definition) is 3. The molecule has 3 nitrogen and oxygen atoms in total. The number of halogens is 2. The van der Waals surface area contributed by atoms with Gasteiger partial charge in [0.25, 0.3) is 0 Å². The van der Waals surface area contributed by atoms with E-state index in [0.717, 1.165) is 30.2 Å². The van der Waals surface area contributed by atoms with Gasteiger partial charge in [-0.15, -0.1) is 0 Å². The third kappa shape index (κ3) is 3.92. The lowest BCUT2D eigenvalue weighted by Gasteiger charge is -2.06. The van der Waals surface area contributed by atoms with Crippen molar-refractivity contribution in [2.24, 2.45) is 0 Å². The minimum Gasteiger partial charge on any atom is -0.484 e. The lowest BCUT2D eigenvalue weighted by molar-refractivity contribution is 0.267. The van der Waals surface area contributed by atoms with Crippen molar-refractivity contribution in [3.05, 3.63) is 51.4 Å². The van der Waals surface area contributed by atoms with Gasteiger partial charge in [0, 0.05) is 23.2 Å². The molecule has 0 aliphatic rings. The fourth-order valence-electron chi connectivity index (χ4n) is 1.83. The molecule has 2 aromatic rings. The van der Waals surface area contributed by atoms with Crippen molar-refractivity contribution in [1.29, 1.82) is 0 Å². The van der Waals surface area contributed by atoms with Gasteiger partial charge in [-0.3, -0.25) is 0 Å². The topological polar surface area (TPSA) is 34.4 Å². The van der Waals surface area contributed by atoms with Gasteiger partial charge in [-0.25, -0.2) is 0 Å². The van der Waals surface area contributed by atoms with E-state index in [1.54, 1.807) is 18.2 Å². The first-order valence-electron chi connectivity index (χ1n) is 6.47. The van der Waals surface area contributed by atoms with Crippen LogP contribution in [0.4, 0.5) is 0 Å². The highest BCUT2D eigenvalue weighted by Crippen LogP contribution is 2.28. The Morgan fingerprint density at radius 1 is 1.25 bits per heavy atom. The number of aryl methyl sites for hydroxylation is 1. The Kier molecular flexibility index (Phi) is 5.35. The number of furan rings is 1. The van der Waals surface area contributed by atoms with Crippen LogP contribution in [0.3, 0.4) is 0 Å². The number of benzene rings is 1. The van der Waals surface area contributed by atoms with Crippen LogP contribution in [0.15, 0.2) is 28.7 Å². The zero-order valence-corrected chi connectivity index (χ0v) is 13.0. The zero-order valence-electron chi connectivity index (χ0n) is 11.5. The molecule has 0 aliphatic carbocycles. The second kappa shape index (κ2) is 7.02. The standard InChI is InChI=1S/C15H17Cl2NO2/c1-3-18-8-11-6-13(20-10(11)2)9-19-15-7-12(16)4-5-14(15)17/h4-7,18H,3,8-9H2,1-2H3. The molecule has 0 saturated carbocycles. The van der Waals surface area contributed by atoms with Crippen LogP contribution in [0, 0.1) is 6.92 Å². The number of rotatable bonds is 6. The molecule has 0 amide bonds. The molecule has 1 aromatic heterocycles. The van der Waals surface area contributed by atoms with E-state index in [-0.39, 0.29) is 0 Å². The minimum atomic E-state index is 0.326. The molecule has 108 valence electrons. The van der Waals surface area contributed by atoms with Crippen molar-refractivity contribution in [2.75, 3.05) is 6.54 Å². The number of nitrogens with one attached hydrogen (secondary N) is 1. The Bertz CT molecular complexity index is 581. The predicted octanol–water partition coefficient (Wildman–Crippen LogP) is 4.58. The van der Waals surface area contributed by atoms with Crippen molar-refractivity contribution in [1.82, 2.24) is 5.32 Å². The quantitative estimate of drug-likeness (QED) is 0.847. The van der Waals surface area contributed by atoms with Crippen LogP contribution >= 0.6 is 23.2 Å². The van der Waals surface area contributed by atoms with E-state index in [1.807, 2.05) is 13.0 Å². The van der Waals surface area contributed by atoms with Crippen molar-refractivity contribution in [3.8, 4) is 5.75 Å². The van der Waals surface area contributed by atoms with Gasteiger partial charge in [0.2, 0.25) is 0 Å². The molecular weight excluding hydrogens is 297 g/mol. The van der Waals surface area contributed by atoms with Gasteiger partial charge in [-0.1, -0.05) is 30.1 Å². The lowest BCUT2D eigenvalue weighted by atomic mass is 10.2. The summed E-state index contributed by atoms with van der Waals surface area (Å²) >= 11 is 12.0. The average molecular weight is 314 g/mol. The highest BCUT2D eigenvalue weighted by atomic mass is 35.5. The molecule has 0 atom stereocenters. The van der Waals surface area contributed by atoms with Crippen LogP contribution < -0.4 is 10.1 Å². The molecule has 0 spiro atoms. The monoisotopic (exact) mass is 313 g/mol. The maximum absolute atomic E-state index is 6.04. The van der Waals surface area contributed by atoms with Crippen LogP contribution in [-0.4, -0.2) is 6.54 Å². The van der Waals surface area contributed by atoms with Gasteiger partial charge >= 0.3 is 0 Å². The molecule has 0 unspecified atom stereocenters. The largest absolute Gasteiger partial charge is 0.484 e. The molecule has 0 saturated heterocycles. The Morgan fingerprint density at radius 2 is 2.05 bits per heavy atom. The molecule has 5 heteroatoms. The fraction of sp³-hybridized carbons (Fsp3) is 0.333. The van der Waals surface area contributed by atoms with Crippen LogP contribution in [-0.2, 0) is 13.2 Å². The molecule has 1 heterocycles. The minimum absolute atomic E-state index is 0.326. The molecular formula is C15H17Cl2NO2. The smallest absolute Gasteiger partial charge is 0.146 e. The normalized spacial score (nSPS) is 10.8. The second-order valence-electron chi connectivity index (χ2n) is 4.44. The van der Waals surface area contributed by atoms with E-state index in [9.17, 15) is 0 Å². The van der Waals surface area contributed by atoms with Gasteiger partial charge in [0.05, 0.1) is 5.02 Å². The van der Waals surface area contributed by atoms with Crippen molar-refractivity contribution < 1.29 is 9.15 Å². The van der Waals surface area contributed by atoms with Crippen LogP contribution in [0.25, 0.3) is 0 Å². The Balaban J connectivity index is 2.02. The summed E-state index contributed by atoms with van der Waals surface area (Å²) in [7, 11) is 0. The molecule has 2 rings (SSSR count). The maximum Gasteiger partial charge on any atom is 0.146 e. The first-order valence-corrected chi connectivity index (χ1v) is 7.22. The summed E-state index contributed by atoms with van der Waals surface area (Å²) in [6.45, 7) is 6.06. The van der Waals surface area contributed by atoms with Crippen molar-refractivity contribution in [2.45, 2.75) is 27.0 Å². The van der Waals surface area contributed by atoms with E-state index >= 15 is 0 Å². The Morgan fingerprint density at radius 3 is 2.80 bits per heavy atom. The first-order chi connectivity index (χ1) is 9.60. The van der Waals surface area contributed by atoms with E-state index in [2.05, 4.69) is 12.2 Å². The zero-order chi connectivity index (χ0) is 14.5. The molecule has 1 N–H and O–H groups in total. The SMILES string of the molecule is CCNCc1cc(COc2cc(Cl)ccc2Cl)oc1C. The Labute approximate surface area is 128 Å². The van der Waals surface area contributed by atoms with E-state index < -0.39 is 0 Å². The van der Waals surface area contributed by atoms with Crippen LogP contribution in [0.5, 0.6) is 5.75 Å². The second-order valence-corrected chi connectivity index (χ2v) is 5.28. The summed E-state index contributed by atoms with van der Waals surface area (Å²) in [5.74, 6) is 2.23. The third-order valence-corrected chi connectivity index (χ3v) is 3.45. The maximum atomic E-state index is 6.04. The number of hydrogen-bond donors (Lipinski definition) is 1. The highest BCUT2D eigenvalue weighted by molar-refractivity contribution is 6.34. The van der Waals surface area contributed by atoms with Gasteiger partial charge in [0.15, 0.2) is 0 Å². The first kappa shape index (κ1) is 15.2. The molecule has 20 heavy (non-hydrogen) atoms. The van der Waals surface area contributed by atoms with Crippen LogP contribution in [0.1, 0.15) is 24.0 Å². The van der Waals surface area contributed by atoms with Crippen molar-refractivity contribution in [3.63, 3.8) is 0 Å². The summed E-state index contributed by atoms with van der Waals surface area (Å²) < 4.78 is 11.3. The lowest BCUT2D eigenvalue weighted by Crippen LogP contribution is -2.11. The molecule has 0 radical (unpaired) electrons. The summed E-state index contributed by atoms with van der Waals surface area (Å²) in [4.78, 5) is 0. The molecule has 0 aliphatic heterocycles. The summed E-state index contributed by atoms with van der Waals surface area (Å²) in [5, 5.41) is 4.39. The average Bonchev–Trinajstić information content (AvgIpc) is 2.78. The van der Waals surface area contributed by atoms with E-state index in [1.165, 1.54) is 0 Å².